The minimum absolute atomic E-state index is 0.0867. The number of rotatable bonds is 9. The van der Waals surface area contributed by atoms with Gasteiger partial charge < -0.3 is 4.90 Å². The van der Waals surface area contributed by atoms with E-state index in [2.05, 4.69) is 71.9 Å². The Kier molecular flexibility index (Phi) is 7.37. The molecule has 0 aliphatic heterocycles. The molecule has 3 aromatic rings. The van der Waals surface area contributed by atoms with E-state index in [-0.39, 0.29) is 12.0 Å². The Morgan fingerprint density at radius 3 is 1.93 bits per heavy atom. The van der Waals surface area contributed by atoms with Crippen molar-refractivity contribution >= 4 is 0 Å². The Morgan fingerprint density at radius 1 is 0.821 bits per heavy atom. The van der Waals surface area contributed by atoms with Gasteiger partial charge in [-0.1, -0.05) is 91.0 Å². The van der Waals surface area contributed by atoms with Crippen molar-refractivity contribution in [3.63, 3.8) is 0 Å². The SMILES string of the molecule is CN(Cc1ccccc1)C[C@@H](c1ccccc1)[C@@H](C#N)NCc1ccccc1. The third kappa shape index (κ3) is 5.79. The van der Waals surface area contributed by atoms with Crippen LogP contribution in [0.2, 0.25) is 0 Å². The largest absolute Gasteiger partial charge is 0.301 e. The fourth-order valence-corrected chi connectivity index (χ4v) is 3.50. The molecule has 0 aliphatic rings. The van der Waals surface area contributed by atoms with E-state index in [9.17, 15) is 5.26 Å². The molecule has 1 N–H and O–H groups in total. The van der Waals surface area contributed by atoms with E-state index >= 15 is 0 Å². The molecule has 0 bridgehead atoms. The third-order valence-corrected chi connectivity index (χ3v) is 4.94. The number of nitriles is 1. The molecule has 0 fully saturated rings. The van der Waals surface area contributed by atoms with Gasteiger partial charge in [-0.25, -0.2) is 0 Å². The molecule has 28 heavy (non-hydrogen) atoms. The Morgan fingerprint density at radius 2 is 1.36 bits per heavy atom. The first kappa shape index (κ1) is 19.8. The molecule has 0 aliphatic carbocycles. The van der Waals surface area contributed by atoms with Crippen LogP contribution in [-0.2, 0) is 13.1 Å². The summed E-state index contributed by atoms with van der Waals surface area (Å²) in [5, 5.41) is 13.4. The number of benzene rings is 3. The van der Waals surface area contributed by atoms with E-state index in [0.717, 1.165) is 13.1 Å². The van der Waals surface area contributed by atoms with Gasteiger partial charge >= 0.3 is 0 Å². The summed E-state index contributed by atoms with van der Waals surface area (Å²) in [6, 6.07) is 33.3. The lowest BCUT2D eigenvalue weighted by Crippen LogP contribution is -2.39. The van der Waals surface area contributed by atoms with Crippen LogP contribution in [0.4, 0.5) is 0 Å². The van der Waals surface area contributed by atoms with Crippen molar-refractivity contribution in [3.8, 4) is 6.07 Å². The van der Waals surface area contributed by atoms with Crippen molar-refractivity contribution in [3.05, 3.63) is 108 Å². The van der Waals surface area contributed by atoms with Gasteiger partial charge in [-0.3, -0.25) is 5.32 Å². The lowest BCUT2D eigenvalue weighted by molar-refractivity contribution is 0.286. The fourth-order valence-electron chi connectivity index (χ4n) is 3.50. The molecular formula is C25H27N3. The topological polar surface area (TPSA) is 39.1 Å². The highest BCUT2D eigenvalue weighted by molar-refractivity contribution is 5.25. The summed E-state index contributed by atoms with van der Waals surface area (Å²) in [5.74, 6) is 0.0867. The van der Waals surface area contributed by atoms with Crippen LogP contribution in [0.1, 0.15) is 22.6 Å². The van der Waals surface area contributed by atoms with Gasteiger partial charge in [-0.2, -0.15) is 5.26 Å². The van der Waals surface area contributed by atoms with Crippen LogP contribution in [0.15, 0.2) is 91.0 Å². The number of nitrogens with zero attached hydrogens (tertiary/aromatic N) is 2. The molecule has 0 saturated heterocycles. The molecule has 3 heteroatoms. The van der Waals surface area contributed by atoms with Gasteiger partial charge in [0.1, 0.15) is 6.04 Å². The van der Waals surface area contributed by atoms with Crippen LogP contribution in [0, 0.1) is 11.3 Å². The first-order valence-corrected chi connectivity index (χ1v) is 9.70. The van der Waals surface area contributed by atoms with Crippen LogP contribution in [0.3, 0.4) is 0 Å². The van der Waals surface area contributed by atoms with Crippen LogP contribution >= 0.6 is 0 Å². The van der Waals surface area contributed by atoms with Crippen molar-refractivity contribution in [2.24, 2.45) is 0 Å². The van der Waals surface area contributed by atoms with E-state index in [1.54, 1.807) is 0 Å². The van der Waals surface area contributed by atoms with Gasteiger partial charge in [-0.15, -0.1) is 0 Å². The molecule has 0 amide bonds. The van der Waals surface area contributed by atoms with Crippen molar-refractivity contribution in [2.75, 3.05) is 13.6 Å². The minimum atomic E-state index is -0.263. The summed E-state index contributed by atoms with van der Waals surface area (Å²) in [5.41, 5.74) is 3.66. The molecule has 0 saturated carbocycles. The zero-order valence-electron chi connectivity index (χ0n) is 16.3. The van der Waals surface area contributed by atoms with Crippen molar-refractivity contribution < 1.29 is 0 Å². The molecule has 0 spiro atoms. The summed E-state index contributed by atoms with van der Waals surface area (Å²) in [7, 11) is 2.12. The normalized spacial score (nSPS) is 13.0. The van der Waals surface area contributed by atoms with Gasteiger partial charge in [0.05, 0.1) is 6.07 Å². The average molecular weight is 370 g/mol. The first-order valence-electron chi connectivity index (χ1n) is 9.70. The molecule has 0 radical (unpaired) electrons. The summed E-state index contributed by atoms with van der Waals surface area (Å²) in [6.45, 7) is 2.35. The minimum Gasteiger partial charge on any atom is -0.301 e. The molecule has 2 atom stereocenters. The van der Waals surface area contributed by atoms with Gasteiger partial charge in [0.25, 0.3) is 0 Å². The highest BCUT2D eigenvalue weighted by atomic mass is 15.1. The monoisotopic (exact) mass is 369 g/mol. The Balaban J connectivity index is 1.73. The molecule has 0 unspecified atom stereocenters. The maximum atomic E-state index is 9.91. The second kappa shape index (κ2) is 10.4. The number of hydrogen-bond donors (Lipinski definition) is 1. The average Bonchev–Trinajstić information content (AvgIpc) is 2.75. The van der Waals surface area contributed by atoms with Crippen molar-refractivity contribution in [1.82, 2.24) is 10.2 Å². The maximum absolute atomic E-state index is 9.91. The third-order valence-electron chi connectivity index (χ3n) is 4.94. The quantitative estimate of drug-likeness (QED) is 0.600. The van der Waals surface area contributed by atoms with Gasteiger partial charge in [-0.05, 0) is 23.7 Å². The lowest BCUT2D eigenvalue weighted by Gasteiger charge is -2.28. The molecule has 3 aromatic carbocycles. The molecule has 3 rings (SSSR count). The second-order valence-electron chi connectivity index (χ2n) is 7.17. The van der Waals surface area contributed by atoms with Gasteiger partial charge in [0.2, 0.25) is 0 Å². The van der Waals surface area contributed by atoms with E-state index in [0.29, 0.717) is 6.54 Å². The standard InChI is InChI=1S/C25H27N3/c1-28(19-22-13-7-3-8-14-22)20-24(23-15-9-4-10-16-23)25(17-26)27-18-21-11-5-2-6-12-21/h2-16,24-25,27H,18-20H2,1H3/t24-,25+/m0/s1. The van der Waals surface area contributed by atoms with Crippen LogP contribution in [0.25, 0.3) is 0 Å². The highest BCUT2D eigenvalue weighted by Crippen LogP contribution is 2.22. The number of likely N-dealkylation sites (N-methyl/N-ethyl adjacent to an activating group) is 1. The number of nitrogens with one attached hydrogen (secondary N) is 1. The van der Waals surface area contributed by atoms with Gasteiger partial charge in [0, 0.05) is 25.6 Å². The first-order chi connectivity index (χ1) is 13.8. The summed E-state index contributed by atoms with van der Waals surface area (Å²) < 4.78 is 0. The summed E-state index contributed by atoms with van der Waals surface area (Å²) in [6.07, 6.45) is 0. The van der Waals surface area contributed by atoms with E-state index in [1.807, 2.05) is 42.5 Å². The number of hydrogen-bond acceptors (Lipinski definition) is 3. The zero-order chi connectivity index (χ0) is 19.6. The maximum Gasteiger partial charge on any atom is 0.104 e. The summed E-state index contributed by atoms with van der Waals surface area (Å²) >= 11 is 0. The molecule has 0 aromatic heterocycles. The predicted molar refractivity (Wildman–Crippen MR) is 115 cm³/mol. The zero-order valence-corrected chi connectivity index (χ0v) is 16.3. The van der Waals surface area contributed by atoms with Crippen LogP contribution in [0.5, 0.6) is 0 Å². The van der Waals surface area contributed by atoms with Crippen LogP contribution in [-0.4, -0.2) is 24.5 Å². The molecule has 142 valence electrons. The highest BCUT2D eigenvalue weighted by Gasteiger charge is 2.24. The molecule has 3 nitrogen and oxygen atoms in total. The predicted octanol–water partition coefficient (Wildman–Crippen LogP) is 4.58. The lowest BCUT2D eigenvalue weighted by atomic mass is 9.91. The van der Waals surface area contributed by atoms with E-state index in [4.69, 9.17) is 0 Å². The second-order valence-corrected chi connectivity index (χ2v) is 7.17. The van der Waals surface area contributed by atoms with Gasteiger partial charge in [0.15, 0.2) is 0 Å². The molecular weight excluding hydrogens is 342 g/mol. The summed E-state index contributed by atoms with van der Waals surface area (Å²) in [4.78, 5) is 2.29. The molecule has 0 heterocycles. The Bertz CT molecular complexity index is 857. The van der Waals surface area contributed by atoms with Crippen LogP contribution < -0.4 is 5.32 Å². The smallest absolute Gasteiger partial charge is 0.104 e. The van der Waals surface area contributed by atoms with E-state index in [1.165, 1.54) is 16.7 Å². The fraction of sp³-hybridized carbons (Fsp3) is 0.240. The Labute approximate surface area is 168 Å². The van der Waals surface area contributed by atoms with Crippen molar-refractivity contribution in [2.45, 2.75) is 25.0 Å². The van der Waals surface area contributed by atoms with E-state index < -0.39 is 0 Å². The Hall–Kier alpha value is -2.93. The van der Waals surface area contributed by atoms with Crippen molar-refractivity contribution in [1.29, 1.82) is 5.26 Å².